The van der Waals surface area contributed by atoms with Crippen LogP contribution in [0.1, 0.15) is 36.3 Å². The summed E-state index contributed by atoms with van der Waals surface area (Å²) in [6.07, 6.45) is 1.52. The van der Waals surface area contributed by atoms with Crippen molar-refractivity contribution in [1.82, 2.24) is 5.32 Å². The standard InChI is InChI=1S/C22H23F3N2O2/c23-18-3-2-14(10-19(18)24)16-11-17(16)22(29)26-12-13-1-4-21(20(25)9-13)27-7-5-15(28)6-8-27/h1-4,9-10,15-17,28H,5-8,11-12H2,(H,26,29)/t16-,17-/m0/s1. The molecule has 0 unspecified atom stereocenters. The van der Waals surface area contributed by atoms with Crippen LogP contribution in [0, 0.1) is 23.4 Å². The van der Waals surface area contributed by atoms with Crippen molar-refractivity contribution in [2.75, 3.05) is 18.0 Å². The first-order valence-electron chi connectivity index (χ1n) is 9.86. The first kappa shape index (κ1) is 19.8. The molecule has 2 fully saturated rings. The summed E-state index contributed by atoms with van der Waals surface area (Å²) in [5.74, 6) is -2.72. The fourth-order valence-corrected chi connectivity index (χ4v) is 3.94. The van der Waals surface area contributed by atoms with E-state index >= 15 is 0 Å². The fourth-order valence-electron chi connectivity index (χ4n) is 3.94. The van der Waals surface area contributed by atoms with Gasteiger partial charge in [-0.2, -0.15) is 0 Å². The van der Waals surface area contributed by atoms with Crippen LogP contribution in [-0.4, -0.2) is 30.2 Å². The molecule has 154 valence electrons. The number of nitrogens with zero attached hydrogens (tertiary/aromatic N) is 1. The number of aliphatic hydroxyl groups excluding tert-OH is 1. The van der Waals surface area contributed by atoms with Gasteiger partial charge in [0.2, 0.25) is 5.91 Å². The van der Waals surface area contributed by atoms with Crippen LogP contribution in [0.15, 0.2) is 36.4 Å². The van der Waals surface area contributed by atoms with Crippen molar-refractivity contribution < 1.29 is 23.1 Å². The highest BCUT2D eigenvalue weighted by atomic mass is 19.2. The van der Waals surface area contributed by atoms with Crippen molar-refractivity contribution >= 4 is 11.6 Å². The van der Waals surface area contributed by atoms with Crippen LogP contribution in [0.25, 0.3) is 0 Å². The maximum absolute atomic E-state index is 14.5. The van der Waals surface area contributed by atoms with Gasteiger partial charge in [0, 0.05) is 25.6 Å². The summed E-state index contributed by atoms with van der Waals surface area (Å²) in [5, 5.41) is 12.4. The molecule has 0 bridgehead atoms. The van der Waals surface area contributed by atoms with E-state index in [4.69, 9.17) is 0 Å². The molecule has 0 radical (unpaired) electrons. The Morgan fingerprint density at radius 2 is 1.79 bits per heavy atom. The third-order valence-electron chi connectivity index (χ3n) is 5.78. The number of amides is 1. The highest BCUT2D eigenvalue weighted by Gasteiger charge is 2.44. The van der Waals surface area contributed by atoms with Gasteiger partial charge in [-0.3, -0.25) is 4.79 Å². The Hall–Kier alpha value is -2.54. The second-order valence-electron chi connectivity index (χ2n) is 7.84. The van der Waals surface area contributed by atoms with Crippen molar-refractivity contribution in [2.24, 2.45) is 5.92 Å². The molecule has 7 heteroatoms. The number of piperidine rings is 1. The van der Waals surface area contributed by atoms with Crippen LogP contribution in [0.2, 0.25) is 0 Å². The number of benzene rings is 2. The first-order chi connectivity index (χ1) is 13.9. The van der Waals surface area contributed by atoms with Crippen LogP contribution < -0.4 is 10.2 Å². The Kier molecular flexibility index (Phi) is 5.50. The normalized spacial score (nSPS) is 21.9. The number of halogens is 3. The quantitative estimate of drug-likeness (QED) is 0.802. The second-order valence-corrected chi connectivity index (χ2v) is 7.84. The highest BCUT2D eigenvalue weighted by Crippen LogP contribution is 2.47. The lowest BCUT2D eigenvalue weighted by molar-refractivity contribution is -0.122. The van der Waals surface area contributed by atoms with Crippen molar-refractivity contribution in [2.45, 2.75) is 37.8 Å². The summed E-state index contributed by atoms with van der Waals surface area (Å²) >= 11 is 0. The molecule has 2 aliphatic rings. The van der Waals surface area contributed by atoms with Crippen LogP contribution >= 0.6 is 0 Å². The third kappa shape index (κ3) is 4.40. The SMILES string of the molecule is O=C(NCc1ccc(N2CCC(O)CC2)c(F)c1)[C@H]1C[C@H]1c1ccc(F)c(F)c1. The molecule has 2 aromatic rings. The number of rotatable bonds is 5. The first-order valence-corrected chi connectivity index (χ1v) is 9.86. The van der Waals surface area contributed by atoms with Gasteiger partial charge < -0.3 is 15.3 Å². The zero-order chi connectivity index (χ0) is 20.5. The van der Waals surface area contributed by atoms with Gasteiger partial charge >= 0.3 is 0 Å². The number of aliphatic hydroxyl groups is 1. The average molecular weight is 404 g/mol. The summed E-state index contributed by atoms with van der Waals surface area (Å²) in [7, 11) is 0. The maximum Gasteiger partial charge on any atom is 0.224 e. The van der Waals surface area contributed by atoms with Crippen LogP contribution in [0.5, 0.6) is 0 Å². The van der Waals surface area contributed by atoms with Gasteiger partial charge in [0.05, 0.1) is 11.8 Å². The third-order valence-corrected chi connectivity index (χ3v) is 5.78. The van der Waals surface area contributed by atoms with Gasteiger partial charge in [0.15, 0.2) is 11.6 Å². The lowest BCUT2D eigenvalue weighted by atomic mass is 10.1. The molecule has 2 atom stereocenters. The molecule has 2 N–H and O–H groups in total. The number of carbonyl (C=O) groups excluding carboxylic acids is 1. The Bertz CT molecular complexity index is 913. The monoisotopic (exact) mass is 404 g/mol. The Morgan fingerprint density at radius 1 is 1.03 bits per heavy atom. The molecular formula is C22H23F3N2O2. The smallest absolute Gasteiger partial charge is 0.224 e. The molecule has 2 aromatic carbocycles. The molecule has 1 aliphatic heterocycles. The molecule has 1 heterocycles. The minimum Gasteiger partial charge on any atom is -0.393 e. The Balaban J connectivity index is 1.32. The van der Waals surface area contributed by atoms with Gasteiger partial charge in [-0.25, -0.2) is 13.2 Å². The minimum absolute atomic E-state index is 0.112. The predicted octanol–water partition coefficient (Wildman–Crippen LogP) is 3.48. The van der Waals surface area contributed by atoms with E-state index in [0.29, 0.717) is 49.2 Å². The van der Waals surface area contributed by atoms with Gasteiger partial charge in [-0.15, -0.1) is 0 Å². The molecule has 4 nitrogen and oxygen atoms in total. The van der Waals surface area contributed by atoms with Crippen LogP contribution in [0.3, 0.4) is 0 Å². The molecule has 1 saturated carbocycles. The van der Waals surface area contributed by atoms with E-state index in [1.165, 1.54) is 12.1 Å². The zero-order valence-corrected chi connectivity index (χ0v) is 15.9. The summed E-state index contributed by atoms with van der Waals surface area (Å²) in [6.45, 7) is 1.43. The zero-order valence-electron chi connectivity index (χ0n) is 15.9. The van der Waals surface area contributed by atoms with Crippen molar-refractivity contribution in [3.05, 3.63) is 65.0 Å². The molecule has 4 rings (SSSR count). The van der Waals surface area contributed by atoms with E-state index in [2.05, 4.69) is 5.32 Å². The lowest BCUT2D eigenvalue weighted by Crippen LogP contribution is -2.36. The average Bonchev–Trinajstić information content (AvgIpc) is 3.50. The van der Waals surface area contributed by atoms with E-state index in [1.54, 1.807) is 12.1 Å². The minimum atomic E-state index is -0.910. The van der Waals surface area contributed by atoms with Gasteiger partial charge in [-0.05, 0) is 60.6 Å². The van der Waals surface area contributed by atoms with E-state index in [0.717, 1.165) is 12.1 Å². The summed E-state index contributed by atoms with van der Waals surface area (Å²) in [4.78, 5) is 14.3. The summed E-state index contributed by atoms with van der Waals surface area (Å²) in [5.41, 5.74) is 1.78. The second kappa shape index (κ2) is 8.06. The lowest BCUT2D eigenvalue weighted by Gasteiger charge is -2.31. The van der Waals surface area contributed by atoms with Gasteiger partial charge in [-0.1, -0.05) is 12.1 Å². The Morgan fingerprint density at radius 3 is 2.48 bits per heavy atom. The fraction of sp³-hybridized carbons (Fsp3) is 0.409. The molecule has 1 aliphatic carbocycles. The van der Waals surface area contributed by atoms with Gasteiger partial charge in [0.25, 0.3) is 0 Å². The van der Waals surface area contributed by atoms with E-state index < -0.39 is 11.6 Å². The van der Waals surface area contributed by atoms with Crippen molar-refractivity contribution in [3.63, 3.8) is 0 Å². The van der Waals surface area contributed by atoms with Crippen LogP contribution in [0.4, 0.5) is 18.9 Å². The predicted molar refractivity (Wildman–Crippen MR) is 103 cm³/mol. The van der Waals surface area contributed by atoms with E-state index in [1.807, 2.05) is 4.90 Å². The van der Waals surface area contributed by atoms with Crippen molar-refractivity contribution in [3.8, 4) is 0 Å². The number of anilines is 1. The number of hydrogen-bond donors (Lipinski definition) is 2. The Labute approximate surface area is 167 Å². The number of hydrogen-bond acceptors (Lipinski definition) is 3. The van der Waals surface area contributed by atoms with Crippen molar-refractivity contribution in [1.29, 1.82) is 0 Å². The van der Waals surface area contributed by atoms with E-state index in [-0.39, 0.29) is 36.2 Å². The largest absolute Gasteiger partial charge is 0.393 e. The molecule has 0 aromatic heterocycles. The van der Waals surface area contributed by atoms with Crippen LogP contribution in [-0.2, 0) is 11.3 Å². The highest BCUT2D eigenvalue weighted by molar-refractivity contribution is 5.82. The summed E-state index contributed by atoms with van der Waals surface area (Å²) < 4.78 is 40.9. The summed E-state index contributed by atoms with van der Waals surface area (Å²) in [6, 6.07) is 8.62. The maximum atomic E-state index is 14.5. The molecular weight excluding hydrogens is 381 g/mol. The van der Waals surface area contributed by atoms with Gasteiger partial charge in [0.1, 0.15) is 5.82 Å². The number of carbonyl (C=O) groups is 1. The number of nitrogens with one attached hydrogen (secondary N) is 1. The molecule has 1 saturated heterocycles. The van der Waals surface area contributed by atoms with E-state index in [9.17, 15) is 23.1 Å². The molecule has 0 spiro atoms. The molecule has 29 heavy (non-hydrogen) atoms. The topological polar surface area (TPSA) is 52.6 Å². The molecule has 1 amide bonds.